The quantitative estimate of drug-likeness (QED) is 0.699. The molecule has 1 aromatic heterocycles. The number of H-pyrrole nitrogens is 2. The molecule has 0 spiro atoms. The Labute approximate surface area is 138 Å². The molecular weight excluding hydrogens is 304 g/mol. The molecule has 0 fully saturated rings. The van der Waals surface area contributed by atoms with Gasteiger partial charge in [-0.15, -0.1) is 0 Å². The second-order valence-electron chi connectivity index (χ2n) is 5.86. The minimum Gasteiger partial charge on any atom is -0.497 e. The predicted molar refractivity (Wildman–Crippen MR) is 94.7 cm³/mol. The van der Waals surface area contributed by atoms with E-state index in [0.29, 0.717) is 0 Å². The summed E-state index contributed by atoms with van der Waals surface area (Å²) < 4.78 is 5.20. The number of nitrogens with one attached hydrogen (secondary N) is 4. The van der Waals surface area contributed by atoms with Gasteiger partial charge in [-0.2, -0.15) is 0 Å². The Bertz CT molecular complexity index is 929. The first kappa shape index (κ1) is 14.4. The van der Waals surface area contributed by atoms with Crippen LogP contribution in [0.4, 0.5) is 5.69 Å². The predicted octanol–water partition coefficient (Wildman–Crippen LogP) is 2.44. The minimum atomic E-state index is -0.201. The molecule has 6 nitrogen and oxygen atoms in total. The van der Waals surface area contributed by atoms with Gasteiger partial charge >= 0.3 is 5.69 Å². The largest absolute Gasteiger partial charge is 0.497 e. The highest BCUT2D eigenvalue weighted by molar-refractivity contribution is 5.85. The highest BCUT2D eigenvalue weighted by Gasteiger charge is 2.28. The van der Waals surface area contributed by atoms with Crippen LogP contribution in [0.3, 0.4) is 0 Å². The van der Waals surface area contributed by atoms with Crippen molar-refractivity contribution in [2.24, 2.45) is 0 Å². The molecule has 2 aliphatic rings. The Morgan fingerprint density at radius 2 is 1.96 bits per heavy atom. The lowest BCUT2D eigenvalue weighted by atomic mass is 9.91. The second-order valence-corrected chi connectivity index (χ2v) is 5.86. The maximum absolute atomic E-state index is 11.7. The van der Waals surface area contributed by atoms with Gasteiger partial charge in [0, 0.05) is 22.7 Å². The number of aromatic nitrogens is 2. The summed E-state index contributed by atoms with van der Waals surface area (Å²) in [4.78, 5) is 17.4. The van der Waals surface area contributed by atoms with Crippen LogP contribution in [-0.4, -0.2) is 23.1 Å². The summed E-state index contributed by atoms with van der Waals surface area (Å²) in [5, 5.41) is 6.87. The maximum atomic E-state index is 11.7. The molecule has 1 aliphatic carbocycles. The number of aromatic amines is 2. The van der Waals surface area contributed by atoms with Gasteiger partial charge in [0.1, 0.15) is 5.75 Å². The molecule has 0 saturated carbocycles. The average Bonchev–Trinajstić information content (AvgIpc) is 2.95. The molecule has 122 valence electrons. The van der Waals surface area contributed by atoms with Gasteiger partial charge in [-0.1, -0.05) is 6.08 Å². The fraction of sp³-hybridized carbons (Fsp3) is 0.167. The fourth-order valence-corrected chi connectivity index (χ4v) is 3.12. The number of imidazole rings is 1. The van der Waals surface area contributed by atoms with E-state index < -0.39 is 0 Å². The molecular formula is C18H18N4O2. The number of allylic oxidation sites excluding steroid dienone is 2. The van der Waals surface area contributed by atoms with Gasteiger partial charge in [0.15, 0.2) is 0 Å². The normalized spacial score (nSPS) is 18.4. The highest BCUT2D eigenvalue weighted by atomic mass is 16.5. The van der Waals surface area contributed by atoms with Crippen LogP contribution in [0.2, 0.25) is 0 Å². The molecule has 1 aliphatic heterocycles. The third-order valence-corrected chi connectivity index (χ3v) is 4.19. The van der Waals surface area contributed by atoms with E-state index in [1.807, 2.05) is 49.4 Å². The van der Waals surface area contributed by atoms with Crippen LogP contribution in [-0.2, 0) is 0 Å². The Balaban J connectivity index is 1.79. The summed E-state index contributed by atoms with van der Waals surface area (Å²) in [5.41, 5.74) is 5.42. The van der Waals surface area contributed by atoms with Crippen molar-refractivity contribution in [1.82, 2.24) is 15.3 Å². The number of dihydropyridines is 1. The molecule has 4 N–H and O–H groups in total. The average molecular weight is 322 g/mol. The fourth-order valence-electron chi connectivity index (χ4n) is 3.12. The van der Waals surface area contributed by atoms with E-state index in [2.05, 4.69) is 20.6 Å². The zero-order valence-corrected chi connectivity index (χ0v) is 13.4. The van der Waals surface area contributed by atoms with Crippen LogP contribution in [0.5, 0.6) is 5.75 Å². The van der Waals surface area contributed by atoms with Crippen LogP contribution < -0.4 is 21.1 Å². The number of hydrogen-bond acceptors (Lipinski definition) is 4. The standard InChI is InChI=1S/C18H18N4O2/c1-10-9-15(20-11-3-5-12(24-2)6-4-11)16-13(19-10)7-8-14-17(16)22-18(23)21-14/h3-9,13,19-20H,1-2H3,(H2,21,22,23). The first-order valence-electron chi connectivity index (χ1n) is 7.75. The van der Waals surface area contributed by atoms with Gasteiger partial charge < -0.3 is 25.3 Å². The number of hydrogen-bond donors (Lipinski definition) is 4. The summed E-state index contributed by atoms with van der Waals surface area (Å²) in [6, 6.07) is 7.77. The molecule has 1 atom stereocenters. The van der Waals surface area contributed by atoms with E-state index in [0.717, 1.165) is 39.8 Å². The molecule has 0 amide bonds. The summed E-state index contributed by atoms with van der Waals surface area (Å²) in [7, 11) is 1.65. The van der Waals surface area contributed by atoms with Gasteiger partial charge in [-0.05, 0) is 43.3 Å². The van der Waals surface area contributed by atoms with Crippen molar-refractivity contribution in [3.8, 4) is 5.75 Å². The van der Waals surface area contributed by atoms with E-state index in [-0.39, 0.29) is 11.7 Å². The molecule has 0 saturated heterocycles. The third kappa shape index (κ3) is 2.42. The van der Waals surface area contributed by atoms with Crippen molar-refractivity contribution in [1.29, 1.82) is 0 Å². The minimum absolute atomic E-state index is 0.0229. The molecule has 4 rings (SSSR count). The summed E-state index contributed by atoms with van der Waals surface area (Å²) >= 11 is 0. The summed E-state index contributed by atoms with van der Waals surface area (Å²) in [5.74, 6) is 0.811. The Hall–Kier alpha value is -3.15. The maximum Gasteiger partial charge on any atom is 0.323 e. The second kappa shape index (κ2) is 5.49. The topological polar surface area (TPSA) is 81.9 Å². The van der Waals surface area contributed by atoms with E-state index in [1.54, 1.807) is 7.11 Å². The number of ether oxygens (including phenoxy) is 1. The monoisotopic (exact) mass is 322 g/mol. The van der Waals surface area contributed by atoms with Crippen molar-refractivity contribution in [2.75, 3.05) is 12.4 Å². The van der Waals surface area contributed by atoms with E-state index >= 15 is 0 Å². The highest BCUT2D eigenvalue weighted by Crippen LogP contribution is 2.33. The van der Waals surface area contributed by atoms with Crippen molar-refractivity contribution in [3.63, 3.8) is 0 Å². The van der Waals surface area contributed by atoms with E-state index in [9.17, 15) is 4.79 Å². The SMILES string of the molecule is COc1ccc(NC2=C3c4[nH]c(=O)[nH]c4C=CC3NC(C)=C2)cc1. The molecule has 6 heteroatoms. The zero-order valence-electron chi connectivity index (χ0n) is 13.4. The number of rotatable bonds is 3. The van der Waals surface area contributed by atoms with Gasteiger partial charge in [0.05, 0.1) is 24.5 Å². The van der Waals surface area contributed by atoms with Crippen LogP contribution >= 0.6 is 0 Å². The summed E-state index contributed by atoms with van der Waals surface area (Å²) in [6.45, 7) is 2.02. The molecule has 24 heavy (non-hydrogen) atoms. The van der Waals surface area contributed by atoms with Crippen molar-refractivity contribution < 1.29 is 4.74 Å². The first-order chi connectivity index (χ1) is 11.6. The van der Waals surface area contributed by atoms with Gasteiger partial charge in [-0.3, -0.25) is 0 Å². The van der Waals surface area contributed by atoms with Crippen LogP contribution in [0, 0.1) is 0 Å². The van der Waals surface area contributed by atoms with E-state index in [4.69, 9.17) is 4.74 Å². The number of benzene rings is 1. The molecule has 2 aromatic rings. The van der Waals surface area contributed by atoms with Crippen molar-refractivity contribution in [3.05, 3.63) is 69.7 Å². The smallest absolute Gasteiger partial charge is 0.323 e. The molecule has 1 aromatic carbocycles. The van der Waals surface area contributed by atoms with Crippen molar-refractivity contribution in [2.45, 2.75) is 13.0 Å². The molecule has 0 bridgehead atoms. The van der Waals surface area contributed by atoms with Crippen LogP contribution in [0.15, 0.2) is 52.6 Å². The first-order valence-corrected chi connectivity index (χ1v) is 7.75. The lowest BCUT2D eigenvalue weighted by Crippen LogP contribution is -2.33. The van der Waals surface area contributed by atoms with Crippen LogP contribution in [0.25, 0.3) is 11.6 Å². The zero-order chi connectivity index (χ0) is 16.7. The lowest BCUT2D eigenvalue weighted by molar-refractivity contribution is 0.415. The number of methoxy groups -OCH3 is 1. The molecule has 2 heterocycles. The Morgan fingerprint density at radius 3 is 2.71 bits per heavy atom. The summed E-state index contributed by atoms with van der Waals surface area (Å²) in [6.07, 6.45) is 6.02. The number of anilines is 1. The molecule has 0 radical (unpaired) electrons. The van der Waals surface area contributed by atoms with E-state index in [1.165, 1.54) is 0 Å². The van der Waals surface area contributed by atoms with Crippen LogP contribution in [0.1, 0.15) is 18.3 Å². The third-order valence-electron chi connectivity index (χ3n) is 4.19. The van der Waals surface area contributed by atoms with Gasteiger partial charge in [0.25, 0.3) is 0 Å². The lowest BCUT2D eigenvalue weighted by Gasteiger charge is -2.30. The Morgan fingerprint density at radius 1 is 1.17 bits per heavy atom. The van der Waals surface area contributed by atoms with Gasteiger partial charge in [-0.25, -0.2) is 4.79 Å². The van der Waals surface area contributed by atoms with Gasteiger partial charge in [0.2, 0.25) is 0 Å². The molecule has 1 unspecified atom stereocenters. The number of fused-ring (bicyclic) bond motifs is 3. The Kier molecular flexibility index (Phi) is 3.30. The van der Waals surface area contributed by atoms with Crippen molar-refractivity contribution >= 4 is 17.3 Å².